The van der Waals surface area contributed by atoms with Crippen LogP contribution in [0.25, 0.3) is 0 Å². The maximum atomic E-state index is 12.2. The molecule has 2 nitrogen and oxygen atoms in total. The van der Waals surface area contributed by atoms with Crippen molar-refractivity contribution < 1.29 is 17.9 Å². The summed E-state index contributed by atoms with van der Waals surface area (Å²) in [5.41, 5.74) is 7.73. The zero-order chi connectivity index (χ0) is 13.8. The molecule has 5 heteroatoms. The van der Waals surface area contributed by atoms with E-state index in [1.807, 2.05) is 31.2 Å². The lowest BCUT2D eigenvalue weighted by atomic mass is 10.1. The summed E-state index contributed by atoms with van der Waals surface area (Å²) < 4.78 is 41.4. The van der Waals surface area contributed by atoms with Crippen molar-refractivity contribution >= 4 is 0 Å². The van der Waals surface area contributed by atoms with Crippen LogP contribution in [0, 0.1) is 0 Å². The van der Waals surface area contributed by atoms with Crippen molar-refractivity contribution in [3.05, 3.63) is 35.4 Å². The van der Waals surface area contributed by atoms with Crippen LogP contribution in [0.4, 0.5) is 13.2 Å². The highest BCUT2D eigenvalue weighted by atomic mass is 19.4. The Kier molecular flexibility index (Phi) is 5.16. The molecule has 2 atom stereocenters. The minimum absolute atomic E-state index is 0.147. The van der Waals surface area contributed by atoms with Crippen LogP contribution >= 0.6 is 0 Å². The molecule has 2 unspecified atom stereocenters. The van der Waals surface area contributed by atoms with Gasteiger partial charge in [-0.1, -0.05) is 31.2 Å². The van der Waals surface area contributed by atoms with Gasteiger partial charge in [-0.15, -0.1) is 0 Å². The third-order valence-electron chi connectivity index (χ3n) is 2.80. The number of benzene rings is 1. The molecule has 0 aliphatic carbocycles. The van der Waals surface area contributed by atoms with Gasteiger partial charge in [0.2, 0.25) is 0 Å². The van der Waals surface area contributed by atoms with E-state index in [2.05, 4.69) is 0 Å². The molecule has 102 valence electrons. The molecule has 1 rings (SSSR count). The predicted molar refractivity (Wildman–Crippen MR) is 64.2 cm³/mol. The van der Waals surface area contributed by atoms with E-state index < -0.39 is 18.3 Å². The highest BCUT2D eigenvalue weighted by molar-refractivity contribution is 5.24. The van der Waals surface area contributed by atoms with Crippen molar-refractivity contribution in [3.8, 4) is 0 Å². The lowest BCUT2D eigenvalue weighted by molar-refractivity contribution is -0.215. The van der Waals surface area contributed by atoms with Gasteiger partial charge < -0.3 is 10.5 Å². The van der Waals surface area contributed by atoms with Gasteiger partial charge in [0, 0.05) is 0 Å². The van der Waals surface area contributed by atoms with Crippen molar-refractivity contribution in [2.45, 2.75) is 38.6 Å². The molecule has 0 radical (unpaired) electrons. The Morgan fingerprint density at radius 2 is 1.78 bits per heavy atom. The number of nitrogens with two attached hydrogens (primary N) is 1. The monoisotopic (exact) mass is 261 g/mol. The first-order valence-corrected chi connectivity index (χ1v) is 5.87. The van der Waals surface area contributed by atoms with Crippen molar-refractivity contribution in [2.24, 2.45) is 5.73 Å². The quantitative estimate of drug-likeness (QED) is 0.883. The summed E-state index contributed by atoms with van der Waals surface area (Å²) >= 11 is 0. The number of alkyl halides is 3. The Bertz CT molecular complexity index is 361. The van der Waals surface area contributed by atoms with Crippen LogP contribution in [0.3, 0.4) is 0 Å². The zero-order valence-electron chi connectivity index (χ0n) is 10.5. The van der Waals surface area contributed by atoms with Gasteiger partial charge in [-0.25, -0.2) is 0 Å². The molecule has 0 bridgehead atoms. The number of rotatable bonds is 5. The van der Waals surface area contributed by atoms with Crippen LogP contribution in [-0.4, -0.2) is 18.9 Å². The minimum atomic E-state index is -4.34. The molecular formula is C13H18F3NO. The highest BCUT2D eigenvalue weighted by Gasteiger charge is 2.37. The Labute approximate surface area is 105 Å². The molecule has 0 aliphatic heterocycles. The van der Waals surface area contributed by atoms with E-state index in [4.69, 9.17) is 10.5 Å². The topological polar surface area (TPSA) is 35.2 Å². The Hall–Kier alpha value is -1.07. The Morgan fingerprint density at radius 1 is 1.22 bits per heavy atom. The molecule has 1 aromatic rings. The molecule has 2 N–H and O–H groups in total. The second-order valence-corrected chi connectivity index (χ2v) is 4.22. The second kappa shape index (κ2) is 6.20. The molecule has 0 aliphatic rings. The smallest absolute Gasteiger partial charge is 0.367 e. The second-order valence-electron chi connectivity index (χ2n) is 4.22. The fourth-order valence-corrected chi connectivity index (χ4v) is 1.44. The summed E-state index contributed by atoms with van der Waals surface area (Å²) in [7, 11) is 0. The highest BCUT2D eigenvalue weighted by Crippen LogP contribution is 2.23. The van der Waals surface area contributed by atoms with E-state index in [9.17, 15) is 13.2 Å². The molecule has 1 aromatic carbocycles. The molecule has 0 heterocycles. The average Bonchev–Trinajstić information content (AvgIpc) is 2.34. The van der Waals surface area contributed by atoms with Gasteiger partial charge >= 0.3 is 6.18 Å². The summed E-state index contributed by atoms with van der Waals surface area (Å²) in [6, 6.07) is 6.95. The Morgan fingerprint density at radius 3 is 2.22 bits per heavy atom. The van der Waals surface area contributed by atoms with Crippen molar-refractivity contribution in [1.29, 1.82) is 0 Å². The SMILES string of the molecule is CCc1ccc(C(N)COC(C)C(F)(F)F)cc1. The molecule has 18 heavy (non-hydrogen) atoms. The molecule has 0 saturated heterocycles. The van der Waals surface area contributed by atoms with E-state index in [1.165, 1.54) is 0 Å². The summed E-state index contributed by atoms with van der Waals surface area (Å²) in [5.74, 6) is 0. The first-order valence-electron chi connectivity index (χ1n) is 5.87. The molecular weight excluding hydrogens is 243 g/mol. The fourth-order valence-electron chi connectivity index (χ4n) is 1.44. The lowest BCUT2D eigenvalue weighted by Crippen LogP contribution is -2.31. The maximum Gasteiger partial charge on any atom is 0.414 e. The van der Waals surface area contributed by atoms with Crippen molar-refractivity contribution in [1.82, 2.24) is 0 Å². The zero-order valence-corrected chi connectivity index (χ0v) is 10.5. The number of ether oxygens (including phenoxy) is 1. The van der Waals surface area contributed by atoms with E-state index in [-0.39, 0.29) is 6.61 Å². The summed E-state index contributed by atoms with van der Waals surface area (Å²) in [6.07, 6.45) is -5.22. The normalized spacial score (nSPS) is 15.4. The van der Waals surface area contributed by atoms with Crippen LogP contribution in [0.1, 0.15) is 31.0 Å². The lowest BCUT2D eigenvalue weighted by Gasteiger charge is -2.19. The molecule has 0 saturated carbocycles. The van der Waals surface area contributed by atoms with Crippen molar-refractivity contribution in [2.75, 3.05) is 6.61 Å². The first-order chi connectivity index (χ1) is 8.34. The van der Waals surface area contributed by atoms with Crippen LogP contribution in [0.2, 0.25) is 0 Å². The van der Waals surface area contributed by atoms with E-state index in [0.717, 1.165) is 24.5 Å². The molecule has 0 aromatic heterocycles. The third-order valence-corrected chi connectivity index (χ3v) is 2.80. The molecule has 0 amide bonds. The van der Waals surface area contributed by atoms with Crippen LogP contribution in [0.5, 0.6) is 0 Å². The predicted octanol–water partition coefficient (Wildman–Crippen LogP) is 3.22. The van der Waals surface area contributed by atoms with Gasteiger partial charge in [-0.2, -0.15) is 13.2 Å². The third kappa shape index (κ3) is 4.31. The number of halogens is 3. The van der Waals surface area contributed by atoms with Gasteiger partial charge in [0.05, 0.1) is 12.6 Å². The van der Waals surface area contributed by atoms with Gasteiger partial charge in [0.1, 0.15) is 0 Å². The standard InChI is InChI=1S/C13H18F3NO/c1-3-10-4-6-11(7-5-10)12(17)8-18-9(2)13(14,15)16/h4-7,9,12H,3,8,17H2,1-2H3. The van der Waals surface area contributed by atoms with Gasteiger partial charge in [-0.05, 0) is 24.5 Å². The van der Waals surface area contributed by atoms with Gasteiger partial charge in [0.25, 0.3) is 0 Å². The number of aryl methyl sites for hydroxylation is 1. The van der Waals surface area contributed by atoms with E-state index in [0.29, 0.717) is 0 Å². The Balaban J connectivity index is 2.52. The van der Waals surface area contributed by atoms with Crippen LogP contribution < -0.4 is 5.73 Å². The fraction of sp³-hybridized carbons (Fsp3) is 0.538. The summed E-state index contributed by atoms with van der Waals surface area (Å²) in [6.45, 7) is 2.86. The van der Waals surface area contributed by atoms with Crippen LogP contribution in [0.15, 0.2) is 24.3 Å². The first kappa shape index (κ1) is 15.0. The van der Waals surface area contributed by atoms with Crippen molar-refractivity contribution in [3.63, 3.8) is 0 Å². The molecule has 0 spiro atoms. The van der Waals surface area contributed by atoms with Crippen LogP contribution in [-0.2, 0) is 11.2 Å². The van der Waals surface area contributed by atoms with Gasteiger partial charge in [-0.3, -0.25) is 0 Å². The summed E-state index contributed by atoms with van der Waals surface area (Å²) in [4.78, 5) is 0. The van der Waals surface area contributed by atoms with E-state index in [1.54, 1.807) is 0 Å². The minimum Gasteiger partial charge on any atom is -0.367 e. The maximum absolute atomic E-state index is 12.2. The van der Waals surface area contributed by atoms with Gasteiger partial charge in [0.15, 0.2) is 6.10 Å². The summed E-state index contributed by atoms with van der Waals surface area (Å²) in [5, 5.41) is 0. The largest absolute Gasteiger partial charge is 0.414 e. The number of hydrogen-bond acceptors (Lipinski definition) is 2. The number of hydrogen-bond donors (Lipinski definition) is 1. The molecule has 0 fully saturated rings. The average molecular weight is 261 g/mol. The van der Waals surface area contributed by atoms with E-state index >= 15 is 0 Å².